The summed E-state index contributed by atoms with van der Waals surface area (Å²) in [6.07, 6.45) is 3.46. The molecule has 1 aromatic heterocycles. The lowest BCUT2D eigenvalue weighted by molar-refractivity contribution is 0.215. The van der Waals surface area contributed by atoms with Gasteiger partial charge in [0.25, 0.3) is 5.88 Å². The van der Waals surface area contributed by atoms with Crippen molar-refractivity contribution in [3.8, 4) is 5.88 Å². The van der Waals surface area contributed by atoms with Crippen LogP contribution in [-0.2, 0) is 37.2 Å². The average Bonchev–Trinajstić information content (AvgIpc) is 2.88. The molecular formula is C15H28ClN2O5PS2. The Bertz CT molecular complexity index is 714. The molecule has 0 radical (unpaired) electrons. The topological polar surface area (TPSA) is 79.7 Å². The standard InChI is InChI=1S/C15H28ClN2O5PS2/c1-5-9-10-11-12-26(19,20)15-13(16)14(17-18(15)6-2)23-24(25,21-7-3)22-8-4/h5-12H2,1-4H3. The molecule has 0 saturated carbocycles. The molecule has 0 saturated heterocycles. The lowest BCUT2D eigenvalue weighted by Crippen LogP contribution is -2.13. The largest absolute Gasteiger partial charge is 0.402 e. The molecule has 0 N–H and O–H groups in total. The van der Waals surface area contributed by atoms with Crippen LogP contribution < -0.4 is 4.52 Å². The first-order valence-corrected chi connectivity index (χ1v) is 13.4. The maximum absolute atomic E-state index is 12.7. The third-order valence-corrected chi connectivity index (χ3v) is 8.14. The maximum Gasteiger partial charge on any atom is 0.381 e. The summed E-state index contributed by atoms with van der Waals surface area (Å²) in [4.78, 5) is 0. The Balaban J connectivity index is 3.14. The van der Waals surface area contributed by atoms with Crippen molar-refractivity contribution in [2.24, 2.45) is 0 Å². The maximum atomic E-state index is 12.7. The summed E-state index contributed by atoms with van der Waals surface area (Å²) in [7, 11) is -3.59. The molecule has 0 aromatic carbocycles. The lowest BCUT2D eigenvalue weighted by Gasteiger charge is -2.19. The van der Waals surface area contributed by atoms with Crippen molar-refractivity contribution in [3.05, 3.63) is 5.02 Å². The molecule has 0 spiro atoms. The summed E-state index contributed by atoms with van der Waals surface area (Å²) in [6, 6.07) is 0. The molecule has 0 fully saturated rings. The second-order valence-electron chi connectivity index (χ2n) is 5.49. The molecule has 1 heterocycles. The van der Waals surface area contributed by atoms with Crippen LogP contribution in [0.2, 0.25) is 5.02 Å². The van der Waals surface area contributed by atoms with E-state index >= 15 is 0 Å². The zero-order valence-electron chi connectivity index (χ0n) is 15.7. The van der Waals surface area contributed by atoms with Gasteiger partial charge >= 0.3 is 6.72 Å². The number of halogens is 1. The van der Waals surface area contributed by atoms with Crippen LogP contribution >= 0.6 is 18.3 Å². The van der Waals surface area contributed by atoms with Gasteiger partial charge in [-0.15, -0.1) is 5.10 Å². The summed E-state index contributed by atoms with van der Waals surface area (Å²) >= 11 is 11.6. The second-order valence-corrected chi connectivity index (χ2v) is 10.8. The molecule has 0 amide bonds. The van der Waals surface area contributed by atoms with Gasteiger partial charge < -0.3 is 4.52 Å². The Morgan fingerprint density at radius 2 is 1.73 bits per heavy atom. The minimum absolute atomic E-state index is 0.0168. The Hall–Kier alpha value is -0.180. The minimum atomic E-state index is -3.59. The zero-order chi connectivity index (χ0) is 19.8. The van der Waals surface area contributed by atoms with Gasteiger partial charge in [0.15, 0.2) is 14.9 Å². The van der Waals surface area contributed by atoms with Crippen molar-refractivity contribution >= 4 is 40.0 Å². The van der Waals surface area contributed by atoms with E-state index in [2.05, 4.69) is 12.0 Å². The highest BCUT2D eigenvalue weighted by atomic mass is 35.5. The van der Waals surface area contributed by atoms with Crippen LogP contribution in [0.3, 0.4) is 0 Å². The van der Waals surface area contributed by atoms with E-state index < -0.39 is 16.6 Å². The fraction of sp³-hybridized carbons (Fsp3) is 0.800. The normalized spacial score (nSPS) is 12.5. The number of nitrogens with zero attached hydrogens (tertiary/aromatic N) is 2. The molecule has 0 atom stereocenters. The number of aromatic nitrogens is 2. The molecular weight excluding hydrogens is 419 g/mol. The van der Waals surface area contributed by atoms with Gasteiger partial charge in [0.05, 0.1) is 19.0 Å². The molecule has 26 heavy (non-hydrogen) atoms. The number of hydrogen-bond donors (Lipinski definition) is 0. The molecule has 1 aromatic rings. The summed E-state index contributed by atoms with van der Waals surface area (Å²) in [5.74, 6) is -0.0472. The van der Waals surface area contributed by atoms with Crippen molar-refractivity contribution in [3.63, 3.8) is 0 Å². The first-order valence-electron chi connectivity index (χ1n) is 8.82. The SMILES string of the molecule is CCCCCCS(=O)(=O)c1c(Cl)c(OP(=S)(OCC)OCC)nn1CC. The molecule has 0 bridgehead atoms. The van der Waals surface area contributed by atoms with E-state index in [1.165, 1.54) is 4.68 Å². The molecule has 0 unspecified atom stereocenters. The van der Waals surface area contributed by atoms with E-state index in [0.29, 0.717) is 26.2 Å². The van der Waals surface area contributed by atoms with Gasteiger partial charge in [-0.2, -0.15) is 0 Å². The Morgan fingerprint density at radius 1 is 1.12 bits per heavy atom. The molecule has 0 aliphatic carbocycles. The van der Waals surface area contributed by atoms with Crippen molar-refractivity contribution in [2.45, 2.75) is 64.9 Å². The summed E-state index contributed by atoms with van der Waals surface area (Å²) in [6.45, 7) is 5.22. The molecule has 0 aliphatic heterocycles. The number of unbranched alkanes of at least 4 members (excludes halogenated alkanes) is 3. The highest BCUT2D eigenvalue weighted by molar-refractivity contribution is 8.07. The number of rotatable bonds is 13. The molecule has 1 rings (SSSR count). The van der Waals surface area contributed by atoms with E-state index in [1.807, 2.05) is 0 Å². The van der Waals surface area contributed by atoms with E-state index in [1.54, 1.807) is 20.8 Å². The third-order valence-electron chi connectivity index (χ3n) is 3.45. The van der Waals surface area contributed by atoms with Crippen molar-refractivity contribution < 1.29 is 22.0 Å². The van der Waals surface area contributed by atoms with Crippen molar-refractivity contribution in [2.75, 3.05) is 19.0 Å². The van der Waals surface area contributed by atoms with Gasteiger partial charge in [0.2, 0.25) is 0 Å². The van der Waals surface area contributed by atoms with E-state index in [4.69, 9.17) is 37.0 Å². The molecule has 152 valence electrons. The van der Waals surface area contributed by atoms with Crippen LogP contribution in [0.15, 0.2) is 5.03 Å². The first-order chi connectivity index (χ1) is 12.2. The van der Waals surface area contributed by atoms with Crippen LogP contribution in [-0.4, -0.2) is 37.2 Å². The Labute approximate surface area is 166 Å². The van der Waals surface area contributed by atoms with E-state index in [-0.39, 0.29) is 21.7 Å². The van der Waals surface area contributed by atoms with Gasteiger partial charge in [0.1, 0.15) is 5.02 Å². The van der Waals surface area contributed by atoms with Crippen LogP contribution in [0.25, 0.3) is 0 Å². The van der Waals surface area contributed by atoms with Crippen molar-refractivity contribution in [1.29, 1.82) is 0 Å². The van der Waals surface area contributed by atoms with Crippen LogP contribution in [0, 0.1) is 0 Å². The fourth-order valence-corrected chi connectivity index (χ4v) is 6.51. The van der Waals surface area contributed by atoms with Gasteiger partial charge in [-0.3, -0.25) is 9.05 Å². The van der Waals surface area contributed by atoms with E-state index in [9.17, 15) is 8.42 Å². The van der Waals surface area contributed by atoms with Crippen LogP contribution in [0.4, 0.5) is 0 Å². The third kappa shape index (κ3) is 6.46. The summed E-state index contributed by atoms with van der Waals surface area (Å²) in [5, 5.41) is 4.06. The molecule has 7 nitrogen and oxygen atoms in total. The van der Waals surface area contributed by atoms with Gasteiger partial charge in [-0.1, -0.05) is 37.8 Å². The minimum Gasteiger partial charge on any atom is -0.402 e. The molecule has 0 aliphatic rings. The van der Waals surface area contributed by atoms with E-state index in [0.717, 1.165) is 19.3 Å². The monoisotopic (exact) mass is 446 g/mol. The van der Waals surface area contributed by atoms with Gasteiger partial charge in [0, 0.05) is 18.4 Å². The molecule has 11 heteroatoms. The van der Waals surface area contributed by atoms with Crippen molar-refractivity contribution in [1.82, 2.24) is 9.78 Å². The summed E-state index contributed by atoms with van der Waals surface area (Å²) in [5.41, 5.74) is 0. The number of hydrogen-bond acceptors (Lipinski definition) is 7. The number of aryl methyl sites for hydroxylation is 1. The first kappa shape index (κ1) is 23.9. The number of sulfone groups is 1. The van der Waals surface area contributed by atoms with Gasteiger partial charge in [-0.25, -0.2) is 13.1 Å². The zero-order valence-corrected chi connectivity index (χ0v) is 19.0. The Morgan fingerprint density at radius 3 is 2.23 bits per heavy atom. The predicted octanol–water partition coefficient (Wildman–Crippen LogP) is 4.59. The average molecular weight is 447 g/mol. The van der Waals surface area contributed by atoms with Crippen LogP contribution in [0.5, 0.6) is 5.88 Å². The lowest BCUT2D eigenvalue weighted by atomic mass is 10.2. The summed E-state index contributed by atoms with van der Waals surface area (Å²) < 4.78 is 43.3. The van der Waals surface area contributed by atoms with Crippen LogP contribution in [0.1, 0.15) is 53.4 Å². The second kappa shape index (κ2) is 11.0. The Kier molecular flexibility index (Phi) is 10.1. The highest BCUT2D eigenvalue weighted by Gasteiger charge is 2.31. The fourth-order valence-electron chi connectivity index (χ4n) is 2.30. The quantitative estimate of drug-likeness (QED) is 0.324. The highest BCUT2D eigenvalue weighted by Crippen LogP contribution is 2.51. The van der Waals surface area contributed by atoms with Gasteiger partial charge in [-0.05, 0) is 27.2 Å². The smallest absolute Gasteiger partial charge is 0.381 e. The predicted molar refractivity (Wildman–Crippen MR) is 107 cm³/mol.